The Morgan fingerprint density at radius 3 is 2.81 bits per heavy atom. The predicted octanol–water partition coefficient (Wildman–Crippen LogP) is 3.23. The zero-order valence-corrected chi connectivity index (χ0v) is 16.3. The molecule has 2 N–H and O–H groups in total. The molecule has 3 atom stereocenters. The second-order valence-corrected chi connectivity index (χ2v) is 8.29. The zero-order chi connectivity index (χ0) is 18.9. The summed E-state index contributed by atoms with van der Waals surface area (Å²) >= 11 is 1.67. The van der Waals surface area contributed by atoms with Gasteiger partial charge in [0.15, 0.2) is 0 Å². The zero-order valence-electron chi connectivity index (χ0n) is 15.5. The second kappa shape index (κ2) is 7.44. The molecule has 1 saturated carbocycles. The summed E-state index contributed by atoms with van der Waals surface area (Å²) < 4.78 is 5.36. The Labute approximate surface area is 163 Å². The molecule has 0 radical (unpaired) electrons. The standard InChI is InChI=1S/C21H25N3O2S/c1-26-20(25)21-14-24(11-15-5-3-2-4-6-15)12-18(21)19(23-22)8-7-17(21)16-9-10-27-13-16/h2-6,9-10,13,17-18H,7-8,11-12,14,22H2,1H3. The predicted molar refractivity (Wildman–Crippen MR) is 108 cm³/mol. The van der Waals surface area contributed by atoms with E-state index in [0.29, 0.717) is 6.54 Å². The van der Waals surface area contributed by atoms with Crippen LogP contribution in [-0.2, 0) is 16.1 Å². The summed E-state index contributed by atoms with van der Waals surface area (Å²) in [5.74, 6) is 5.73. The fourth-order valence-corrected chi connectivity index (χ4v) is 5.75. The molecular weight excluding hydrogens is 358 g/mol. The van der Waals surface area contributed by atoms with E-state index in [1.54, 1.807) is 11.3 Å². The van der Waals surface area contributed by atoms with Crippen molar-refractivity contribution >= 4 is 23.0 Å². The first-order valence-corrected chi connectivity index (χ1v) is 10.3. The first-order chi connectivity index (χ1) is 13.2. The van der Waals surface area contributed by atoms with E-state index in [-0.39, 0.29) is 17.8 Å². The van der Waals surface area contributed by atoms with Gasteiger partial charge in [0.05, 0.1) is 12.5 Å². The van der Waals surface area contributed by atoms with E-state index in [1.807, 2.05) is 6.07 Å². The summed E-state index contributed by atoms with van der Waals surface area (Å²) in [4.78, 5) is 15.5. The first-order valence-electron chi connectivity index (χ1n) is 9.32. The minimum atomic E-state index is -0.624. The SMILES string of the molecule is COC(=O)C12CN(Cc3ccccc3)CC1C(=NN)CCC2c1ccsc1. The van der Waals surface area contributed by atoms with Crippen molar-refractivity contribution in [2.24, 2.45) is 22.3 Å². The summed E-state index contributed by atoms with van der Waals surface area (Å²) in [6.45, 7) is 2.25. The molecule has 27 heavy (non-hydrogen) atoms. The number of nitrogens with two attached hydrogens (primary N) is 1. The molecule has 1 aromatic heterocycles. The number of fused-ring (bicyclic) bond motifs is 1. The van der Waals surface area contributed by atoms with Crippen molar-refractivity contribution < 1.29 is 9.53 Å². The van der Waals surface area contributed by atoms with E-state index < -0.39 is 5.41 Å². The van der Waals surface area contributed by atoms with Gasteiger partial charge in [-0.15, -0.1) is 0 Å². The van der Waals surface area contributed by atoms with Crippen molar-refractivity contribution in [2.75, 3.05) is 20.2 Å². The van der Waals surface area contributed by atoms with Crippen LogP contribution < -0.4 is 5.84 Å². The van der Waals surface area contributed by atoms with Crippen LogP contribution >= 0.6 is 11.3 Å². The van der Waals surface area contributed by atoms with Crippen LogP contribution in [-0.4, -0.2) is 36.8 Å². The van der Waals surface area contributed by atoms with Crippen molar-refractivity contribution in [1.82, 2.24) is 4.90 Å². The highest BCUT2D eigenvalue weighted by Crippen LogP contribution is 2.54. The maximum Gasteiger partial charge on any atom is 0.314 e. The van der Waals surface area contributed by atoms with Crippen LogP contribution in [0.4, 0.5) is 0 Å². The minimum Gasteiger partial charge on any atom is -0.469 e. The van der Waals surface area contributed by atoms with Crippen molar-refractivity contribution in [3.8, 4) is 0 Å². The van der Waals surface area contributed by atoms with Crippen LogP contribution in [0.5, 0.6) is 0 Å². The lowest BCUT2D eigenvalue weighted by atomic mass is 9.59. The molecule has 1 aromatic carbocycles. The normalized spacial score (nSPS) is 29.6. The van der Waals surface area contributed by atoms with Crippen LogP contribution in [0.15, 0.2) is 52.3 Å². The van der Waals surface area contributed by atoms with Crippen molar-refractivity contribution in [1.29, 1.82) is 0 Å². The lowest BCUT2D eigenvalue weighted by molar-refractivity contribution is -0.155. The minimum absolute atomic E-state index is 0.00249. The summed E-state index contributed by atoms with van der Waals surface area (Å²) in [7, 11) is 1.49. The van der Waals surface area contributed by atoms with Gasteiger partial charge in [-0.1, -0.05) is 30.3 Å². The van der Waals surface area contributed by atoms with Crippen LogP contribution in [0.2, 0.25) is 0 Å². The molecule has 2 heterocycles. The number of hydrogen-bond acceptors (Lipinski definition) is 6. The number of ether oxygens (including phenoxy) is 1. The fourth-order valence-electron chi connectivity index (χ4n) is 5.04. The van der Waals surface area contributed by atoms with E-state index >= 15 is 0 Å². The number of carbonyl (C=O) groups is 1. The number of nitrogens with zero attached hydrogens (tertiary/aromatic N) is 2. The summed E-state index contributed by atoms with van der Waals surface area (Å²) in [5.41, 5.74) is 2.80. The molecule has 2 fully saturated rings. The Balaban J connectivity index is 1.73. The van der Waals surface area contributed by atoms with Crippen LogP contribution in [0.25, 0.3) is 0 Å². The van der Waals surface area contributed by atoms with E-state index in [9.17, 15) is 4.79 Å². The average Bonchev–Trinajstić information content (AvgIpc) is 3.35. The molecule has 2 aliphatic rings. The average molecular weight is 384 g/mol. The van der Waals surface area contributed by atoms with Gasteiger partial charge >= 0.3 is 5.97 Å². The molecule has 6 heteroatoms. The number of likely N-dealkylation sites (tertiary alicyclic amines) is 1. The molecule has 3 unspecified atom stereocenters. The Morgan fingerprint density at radius 2 is 2.15 bits per heavy atom. The van der Waals surface area contributed by atoms with Gasteiger partial charge in [0.25, 0.3) is 0 Å². The molecular formula is C21H25N3O2S. The highest BCUT2D eigenvalue weighted by Gasteiger charge is 2.61. The van der Waals surface area contributed by atoms with Crippen molar-refractivity contribution in [2.45, 2.75) is 25.3 Å². The number of thiophene rings is 1. The summed E-state index contributed by atoms with van der Waals surface area (Å²) in [6, 6.07) is 12.5. The maximum absolute atomic E-state index is 13.2. The molecule has 0 bridgehead atoms. The number of methoxy groups -OCH3 is 1. The third-order valence-electron chi connectivity index (χ3n) is 6.19. The largest absolute Gasteiger partial charge is 0.469 e. The van der Waals surface area contributed by atoms with Gasteiger partial charge in [-0.25, -0.2) is 0 Å². The molecule has 0 amide bonds. The Morgan fingerprint density at radius 1 is 1.33 bits per heavy atom. The summed E-state index contributed by atoms with van der Waals surface area (Å²) in [6.07, 6.45) is 1.71. The molecule has 2 aromatic rings. The lowest BCUT2D eigenvalue weighted by Crippen LogP contribution is -2.50. The molecule has 5 nitrogen and oxygen atoms in total. The number of rotatable bonds is 4. The quantitative estimate of drug-likeness (QED) is 0.500. The van der Waals surface area contributed by atoms with Crippen LogP contribution in [0.3, 0.4) is 0 Å². The Bertz CT molecular complexity index is 821. The van der Waals surface area contributed by atoms with E-state index in [1.165, 1.54) is 18.2 Å². The number of esters is 1. The topological polar surface area (TPSA) is 67.9 Å². The number of hydrazone groups is 1. The van der Waals surface area contributed by atoms with Crippen LogP contribution in [0.1, 0.15) is 29.9 Å². The molecule has 142 valence electrons. The van der Waals surface area contributed by atoms with Gasteiger partial charge in [-0.3, -0.25) is 9.69 Å². The third kappa shape index (κ3) is 3.07. The fraction of sp³-hybridized carbons (Fsp3) is 0.429. The van der Waals surface area contributed by atoms with E-state index in [2.05, 4.69) is 51.1 Å². The Hall–Kier alpha value is -2.18. The van der Waals surface area contributed by atoms with Gasteiger partial charge in [0.1, 0.15) is 0 Å². The molecule has 4 rings (SSSR count). The second-order valence-electron chi connectivity index (χ2n) is 7.51. The molecule has 1 saturated heterocycles. The highest BCUT2D eigenvalue weighted by atomic mass is 32.1. The van der Waals surface area contributed by atoms with Gasteiger partial charge in [-0.05, 0) is 40.8 Å². The lowest BCUT2D eigenvalue weighted by Gasteiger charge is -2.43. The highest BCUT2D eigenvalue weighted by molar-refractivity contribution is 7.08. The Kier molecular flexibility index (Phi) is 5.02. The van der Waals surface area contributed by atoms with Crippen LogP contribution in [0, 0.1) is 11.3 Å². The van der Waals surface area contributed by atoms with Gasteiger partial charge < -0.3 is 10.6 Å². The van der Waals surface area contributed by atoms with E-state index in [4.69, 9.17) is 10.6 Å². The smallest absolute Gasteiger partial charge is 0.314 e. The van der Waals surface area contributed by atoms with Crippen molar-refractivity contribution in [3.63, 3.8) is 0 Å². The third-order valence-corrected chi connectivity index (χ3v) is 6.89. The van der Waals surface area contributed by atoms with Gasteiger partial charge in [-0.2, -0.15) is 16.4 Å². The number of hydrogen-bond donors (Lipinski definition) is 1. The van der Waals surface area contributed by atoms with E-state index in [0.717, 1.165) is 31.6 Å². The first kappa shape index (κ1) is 18.2. The van der Waals surface area contributed by atoms with Gasteiger partial charge in [0, 0.05) is 37.2 Å². The number of carbonyl (C=O) groups excluding carboxylic acids is 1. The molecule has 1 aliphatic carbocycles. The molecule has 1 aliphatic heterocycles. The summed E-state index contributed by atoms with van der Waals surface area (Å²) in [5, 5.41) is 8.34. The van der Waals surface area contributed by atoms with Gasteiger partial charge in [0.2, 0.25) is 0 Å². The monoisotopic (exact) mass is 383 g/mol. The van der Waals surface area contributed by atoms with Crippen molar-refractivity contribution in [3.05, 3.63) is 58.3 Å². The molecule has 0 spiro atoms. The number of benzene rings is 1. The maximum atomic E-state index is 13.2.